The molecule has 2 fully saturated rings. The maximum Gasteiger partial charge on any atom is 0.243 e. The minimum absolute atomic E-state index is 0.0538. The minimum atomic E-state index is -3.50. The van der Waals surface area contributed by atoms with E-state index in [0.29, 0.717) is 36.7 Å². The van der Waals surface area contributed by atoms with Gasteiger partial charge in [0.15, 0.2) is 0 Å². The van der Waals surface area contributed by atoms with Crippen molar-refractivity contribution in [3.05, 3.63) is 65.7 Å². The fourth-order valence-electron chi connectivity index (χ4n) is 4.05. The molecule has 5 nitrogen and oxygen atoms in total. The van der Waals surface area contributed by atoms with Crippen LogP contribution >= 0.6 is 0 Å². The molecule has 1 saturated heterocycles. The normalized spacial score (nSPS) is 19.6. The van der Waals surface area contributed by atoms with Gasteiger partial charge in [0.1, 0.15) is 0 Å². The van der Waals surface area contributed by atoms with Crippen LogP contribution in [0.2, 0.25) is 0 Å². The van der Waals surface area contributed by atoms with Gasteiger partial charge in [-0.1, -0.05) is 48.0 Å². The highest BCUT2D eigenvalue weighted by molar-refractivity contribution is 7.89. The molecule has 1 saturated carbocycles. The SMILES string of the molecule is Cc1ccc(S(=O)(=O)N2CCC(C(=O)NC(c3ccccc3)C3CC3)CC2)cc1. The predicted octanol–water partition coefficient (Wildman–Crippen LogP) is 3.66. The largest absolute Gasteiger partial charge is 0.349 e. The summed E-state index contributed by atoms with van der Waals surface area (Å²) in [5, 5.41) is 3.25. The van der Waals surface area contributed by atoms with Crippen molar-refractivity contribution < 1.29 is 13.2 Å². The van der Waals surface area contributed by atoms with E-state index in [1.54, 1.807) is 12.1 Å². The van der Waals surface area contributed by atoms with Crippen molar-refractivity contribution in [1.29, 1.82) is 0 Å². The lowest BCUT2D eigenvalue weighted by molar-refractivity contribution is -0.127. The molecule has 1 N–H and O–H groups in total. The van der Waals surface area contributed by atoms with Gasteiger partial charge in [-0.05, 0) is 56.2 Å². The van der Waals surface area contributed by atoms with Crippen LogP contribution in [0, 0.1) is 18.8 Å². The van der Waals surface area contributed by atoms with Crippen LogP contribution in [0.25, 0.3) is 0 Å². The van der Waals surface area contributed by atoms with E-state index in [-0.39, 0.29) is 17.9 Å². The van der Waals surface area contributed by atoms with Gasteiger partial charge in [-0.15, -0.1) is 0 Å². The molecule has 0 spiro atoms. The highest BCUT2D eigenvalue weighted by Gasteiger charge is 2.36. The number of hydrogen-bond acceptors (Lipinski definition) is 3. The van der Waals surface area contributed by atoms with Crippen molar-refractivity contribution in [2.24, 2.45) is 11.8 Å². The van der Waals surface area contributed by atoms with Crippen molar-refractivity contribution in [3.8, 4) is 0 Å². The second-order valence-corrected chi connectivity index (χ2v) is 10.2. The van der Waals surface area contributed by atoms with Gasteiger partial charge in [-0.2, -0.15) is 4.31 Å². The predicted molar refractivity (Wildman–Crippen MR) is 113 cm³/mol. The first-order chi connectivity index (χ1) is 13.9. The zero-order valence-corrected chi connectivity index (χ0v) is 17.6. The molecule has 1 aliphatic heterocycles. The smallest absolute Gasteiger partial charge is 0.243 e. The second-order valence-electron chi connectivity index (χ2n) is 8.23. The molecule has 6 heteroatoms. The van der Waals surface area contributed by atoms with Crippen molar-refractivity contribution in [1.82, 2.24) is 9.62 Å². The van der Waals surface area contributed by atoms with Crippen molar-refractivity contribution in [2.45, 2.75) is 43.5 Å². The molecule has 0 aromatic heterocycles. The molecule has 29 heavy (non-hydrogen) atoms. The number of rotatable bonds is 6. The summed E-state index contributed by atoms with van der Waals surface area (Å²) >= 11 is 0. The third-order valence-electron chi connectivity index (χ3n) is 6.03. The average Bonchev–Trinajstić information content (AvgIpc) is 3.58. The van der Waals surface area contributed by atoms with E-state index >= 15 is 0 Å². The second kappa shape index (κ2) is 8.28. The first kappa shape index (κ1) is 20.1. The number of amides is 1. The number of benzene rings is 2. The van der Waals surface area contributed by atoms with Crippen LogP contribution in [0.4, 0.5) is 0 Å². The quantitative estimate of drug-likeness (QED) is 0.787. The zero-order valence-electron chi connectivity index (χ0n) is 16.8. The third kappa shape index (κ3) is 4.54. The lowest BCUT2D eigenvalue weighted by Gasteiger charge is -2.31. The summed E-state index contributed by atoms with van der Waals surface area (Å²) in [5.74, 6) is 0.436. The Labute approximate surface area is 173 Å². The van der Waals surface area contributed by atoms with Crippen LogP contribution in [0.1, 0.15) is 42.9 Å². The maximum atomic E-state index is 12.9. The Morgan fingerprint density at radius 3 is 2.17 bits per heavy atom. The summed E-state index contributed by atoms with van der Waals surface area (Å²) in [4.78, 5) is 13.2. The molecule has 1 heterocycles. The number of piperidine rings is 1. The zero-order chi connectivity index (χ0) is 20.4. The minimum Gasteiger partial charge on any atom is -0.349 e. The monoisotopic (exact) mass is 412 g/mol. The van der Waals surface area contributed by atoms with Gasteiger partial charge in [0.05, 0.1) is 10.9 Å². The van der Waals surface area contributed by atoms with E-state index in [0.717, 1.165) is 24.0 Å². The Morgan fingerprint density at radius 1 is 0.966 bits per heavy atom. The molecule has 1 aliphatic carbocycles. The molecular formula is C23H28N2O3S. The van der Waals surface area contributed by atoms with Gasteiger partial charge >= 0.3 is 0 Å². The van der Waals surface area contributed by atoms with Gasteiger partial charge in [-0.25, -0.2) is 8.42 Å². The molecule has 4 rings (SSSR count). The molecule has 0 bridgehead atoms. The first-order valence-electron chi connectivity index (χ1n) is 10.4. The third-order valence-corrected chi connectivity index (χ3v) is 7.95. The van der Waals surface area contributed by atoms with E-state index in [4.69, 9.17) is 0 Å². The van der Waals surface area contributed by atoms with Crippen LogP contribution in [0.3, 0.4) is 0 Å². The van der Waals surface area contributed by atoms with Crippen LogP contribution in [-0.4, -0.2) is 31.7 Å². The Bertz CT molecular complexity index is 945. The topological polar surface area (TPSA) is 66.5 Å². The molecule has 1 atom stereocenters. The summed E-state index contributed by atoms with van der Waals surface area (Å²) < 4.78 is 27.2. The van der Waals surface area contributed by atoms with Gasteiger partial charge in [0.25, 0.3) is 0 Å². The Morgan fingerprint density at radius 2 is 1.59 bits per heavy atom. The molecule has 1 unspecified atom stereocenters. The molecule has 2 aromatic rings. The number of sulfonamides is 1. The van der Waals surface area contributed by atoms with Gasteiger partial charge in [0, 0.05) is 19.0 Å². The van der Waals surface area contributed by atoms with E-state index < -0.39 is 10.0 Å². The summed E-state index contributed by atoms with van der Waals surface area (Å²) in [7, 11) is -3.50. The van der Waals surface area contributed by atoms with Crippen LogP contribution in [0.15, 0.2) is 59.5 Å². The molecular weight excluding hydrogens is 384 g/mol. The molecule has 154 valence electrons. The Kier molecular flexibility index (Phi) is 5.74. The number of carbonyl (C=O) groups excluding carboxylic acids is 1. The summed E-state index contributed by atoms with van der Waals surface area (Å²) in [6.07, 6.45) is 3.41. The molecule has 1 amide bonds. The van der Waals surface area contributed by atoms with Gasteiger partial charge < -0.3 is 5.32 Å². The van der Waals surface area contributed by atoms with Crippen molar-refractivity contribution in [3.63, 3.8) is 0 Å². The number of hydrogen-bond donors (Lipinski definition) is 1. The summed E-state index contributed by atoms with van der Waals surface area (Å²) in [6, 6.07) is 17.1. The lowest BCUT2D eigenvalue weighted by Crippen LogP contribution is -2.43. The van der Waals surface area contributed by atoms with Crippen LogP contribution in [-0.2, 0) is 14.8 Å². The van der Waals surface area contributed by atoms with E-state index in [2.05, 4.69) is 17.4 Å². The van der Waals surface area contributed by atoms with Gasteiger partial charge in [0.2, 0.25) is 15.9 Å². The highest BCUT2D eigenvalue weighted by Crippen LogP contribution is 2.41. The van der Waals surface area contributed by atoms with Crippen LogP contribution < -0.4 is 5.32 Å². The Balaban J connectivity index is 1.37. The number of nitrogens with zero attached hydrogens (tertiary/aromatic N) is 1. The average molecular weight is 413 g/mol. The molecule has 2 aliphatic rings. The summed E-state index contributed by atoms with van der Waals surface area (Å²) in [6.45, 7) is 2.70. The van der Waals surface area contributed by atoms with E-state index in [1.165, 1.54) is 4.31 Å². The van der Waals surface area contributed by atoms with Crippen molar-refractivity contribution in [2.75, 3.05) is 13.1 Å². The first-order valence-corrected chi connectivity index (χ1v) is 11.8. The van der Waals surface area contributed by atoms with Gasteiger partial charge in [-0.3, -0.25) is 4.79 Å². The fraction of sp³-hybridized carbons (Fsp3) is 0.435. The standard InChI is InChI=1S/C23H28N2O3S/c1-17-7-11-21(12-8-17)29(27,28)25-15-13-20(14-16-25)23(26)24-22(19-9-10-19)18-5-3-2-4-6-18/h2-8,11-12,19-20,22H,9-10,13-16H2,1H3,(H,24,26). The van der Waals surface area contributed by atoms with Crippen molar-refractivity contribution >= 4 is 15.9 Å². The number of carbonyl (C=O) groups is 1. The molecule has 0 radical (unpaired) electrons. The van der Waals surface area contributed by atoms with E-state index in [9.17, 15) is 13.2 Å². The fourth-order valence-corrected chi connectivity index (χ4v) is 5.52. The maximum absolute atomic E-state index is 12.9. The number of aryl methyl sites for hydroxylation is 1. The summed E-state index contributed by atoms with van der Waals surface area (Å²) in [5.41, 5.74) is 2.19. The van der Waals surface area contributed by atoms with Crippen LogP contribution in [0.5, 0.6) is 0 Å². The lowest BCUT2D eigenvalue weighted by atomic mass is 9.95. The Hall–Kier alpha value is -2.18. The van der Waals surface area contributed by atoms with E-state index in [1.807, 2.05) is 37.3 Å². The highest BCUT2D eigenvalue weighted by atomic mass is 32.2. The molecule has 2 aromatic carbocycles. The number of nitrogens with one attached hydrogen (secondary N) is 1.